The Kier molecular flexibility index (Phi) is 26.5. The van der Waals surface area contributed by atoms with Gasteiger partial charge in [0.25, 0.3) is 0 Å². The molecule has 0 aromatic rings. The Bertz CT molecular complexity index is 89.6. The van der Waals surface area contributed by atoms with Crippen molar-refractivity contribution in [3.63, 3.8) is 0 Å². The molecule has 0 aliphatic carbocycles. The molecule has 0 aliphatic rings. The minimum Gasteiger partial charge on any atom is -0.344 e. The summed E-state index contributed by atoms with van der Waals surface area (Å²) in [4.78, 5) is 0. The van der Waals surface area contributed by atoms with Crippen LogP contribution in [0.3, 0.4) is 0 Å². The average Bonchev–Trinajstić information content (AvgIpc) is 1.90. The van der Waals surface area contributed by atoms with Crippen molar-refractivity contribution >= 4 is 5.71 Å². The summed E-state index contributed by atoms with van der Waals surface area (Å²) in [5.41, 5.74) is 0.516. The van der Waals surface area contributed by atoms with Gasteiger partial charge in [-0.05, 0) is 0 Å². The molecule has 0 aromatic carbocycles. The van der Waals surface area contributed by atoms with E-state index in [0.717, 1.165) is 12.8 Å². The van der Waals surface area contributed by atoms with Gasteiger partial charge in [0, 0.05) is 0 Å². The van der Waals surface area contributed by atoms with E-state index in [1.165, 1.54) is 6.08 Å². The second-order valence-corrected chi connectivity index (χ2v) is 1.77. The van der Waals surface area contributed by atoms with Gasteiger partial charge in [0.05, 0.1) is 0 Å². The number of allylic oxidation sites excluding steroid dienone is 1. The molecule has 0 rings (SSSR count). The van der Waals surface area contributed by atoms with Gasteiger partial charge in [-0.25, -0.2) is 6.42 Å². The molecule has 0 spiro atoms. The van der Waals surface area contributed by atoms with Gasteiger partial charge in [0.2, 0.25) is 0 Å². The molecule has 1 N–H and O–H groups in total. The minimum atomic E-state index is 0. The molecule has 0 heterocycles. The van der Waals surface area contributed by atoms with Gasteiger partial charge in [-0.2, -0.15) is 19.1 Å². The van der Waals surface area contributed by atoms with E-state index in [4.69, 9.17) is 5.41 Å². The molecule has 0 aliphatic heterocycles. The molecular formula is C9H17NU. The average molecular weight is 377 g/mol. The van der Waals surface area contributed by atoms with E-state index in [1.54, 1.807) is 0 Å². The number of nitrogens with one attached hydrogen (secondary N) is 1. The van der Waals surface area contributed by atoms with Crippen LogP contribution in [0, 0.1) is 49.9 Å². The summed E-state index contributed by atoms with van der Waals surface area (Å²) in [6.07, 6.45) is 5.27. The maximum atomic E-state index is 6.96. The largest absolute Gasteiger partial charge is 2.00 e. The monoisotopic (exact) mass is 377 g/mol. The fraction of sp³-hybridized carbons (Fsp3) is 0.444. The van der Waals surface area contributed by atoms with Crippen LogP contribution in [0.4, 0.5) is 0 Å². The Morgan fingerprint density at radius 1 is 1.64 bits per heavy atom. The third kappa shape index (κ3) is 25.2. The van der Waals surface area contributed by atoms with E-state index < -0.39 is 0 Å². The van der Waals surface area contributed by atoms with Gasteiger partial charge in [-0.1, -0.05) is 13.8 Å². The van der Waals surface area contributed by atoms with E-state index in [0.29, 0.717) is 5.71 Å². The predicted octanol–water partition coefficient (Wildman–Crippen LogP) is 3.04. The summed E-state index contributed by atoms with van der Waals surface area (Å²) in [6.45, 7) is 10.9. The Balaban J connectivity index is -0.000000140. The minimum absolute atomic E-state index is 0. The molecule has 0 fully saturated rings. The third-order valence-electron chi connectivity index (χ3n) is 0.644. The van der Waals surface area contributed by atoms with Crippen molar-refractivity contribution in [1.82, 2.24) is 0 Å². The van der Waals surface area contributed by atoms with E-state index in [-0.39, 0.29) is 31.1 Å². The Morgan fingerprint density at radius 3 is 2.09 bits per heavy atom. The van der Waals surface area contributed by atoms with Crippen LogP contribution in [0.2, 0.25) is 0 Å². The first-order chi connectivity index (χ1) is 4.72. The van der Waals surface area contributed by atoms with Crippen LogP contribution in [-0.2, 0) is 0 Å². The van der Waals surface area contributed by atoms with Crippen molar-refractivity contribution < 1.29 is 31.1 Å². The molecule has 0 radical (unpaired) electrons. The molecule has 0 amide bonds. The van der Waals surface area contributed by atoms with Crippen molar-refractivity contribution in [3.8, 4) is 0 Å². The normalized spacial score (nSPS) is 6.45. The summed E-state index contributed by atoms with van der Waals surface area (Å²) in [5.74, 6) is 0. The molecule has 0 atom stereocenters. The fourth-order valence-electron chi connectivity index (χ4n) is 0.303. The van der Waals surface area contributed by atoms with E-state index >= 15 is 0 Å². The summed E-state index contributed by atoms with van der Waals surface area (Å²) in [7, 11) is 0. The Labute approximate surface area is 94.5 Å². The molecule has 2 heteroatoms. The first-order valence-electron chi connectivity index (χ1n) is 3.56. The summed E-state index contributed by atoms with van der Waals surface area (Å²) >= 11 is 0. The molecule has 11 heavy (non-hydrogen) atoms. The number of hydrogen-bond acceptors (Lipinski definition) is 1. The zero-order valence-corrected chi connectivity index (χ0v) is 11.6. The van der Waals surface area contributed by atoms with Crippen LogP contribution in [0.1, 0.15) is 26.7 Å². The molecule has 0 saturated heterocycles. The molecule has 0 bridgehead atoms. The van der Waals surface area contributed by atoms with Crippen LogP contribution in [0.5, 0.6) is 0 Å². The van der Waals surface area contributed by atoms with Crippen molar-refractivity contribution in [2.24, 2.45) is 0 Å². The van der Waals surface area contributed by atoms with Gasteiger partial charge in [-0.3, -0.25) is 0 Å². The molecule has 0 saturated carbocycles. The van der Waals surface area contributed by atoms with E-state index in [1.807, 2.05) is 20.3 Å². The molecule has 0 aromatic heterocycles. The third-order valence-corrected chi connectivity index (χ3v) is 0.644. The van der Waals surface area contributed by atoms with Crippen molar-refractivity contribution in [2.75, 3.05) is 0 Å². The van der Waals surface area contributed by atoms with Crippen molar-refractivity contribution in [2.45, 2.75) is 26.7 Å². The quantitative estimate of drug-likeness (QED) is 0.578. The topological polar surface area (TPSA) is 23.9 Å². The number of rotatable bonds is 3. The second-order valence-electron chi connectivity index (χ2n) is 1.77. The van der Waals surface area contributed by atoms with Gasteiger partial charge in [0.15, 0.2) is 0 Å². The maximum absolute atomic E-state index is 6.96. The molecule has 62 valence electrons. The van der Waals surface area contributed by atoms with Gasteiger partial charge >= 0.3 is 31.1 Å². The SMILES string of the molecule is C=CC(=N)[CH-]CC.[CH2-]CC.[U+2]. The number of hydrogen-bond donors (Lipinski definition) is 1. The Morgan fingerprint density at radius 2 is 2.00 bits per heavy atom. The van der Waals surface area contributed by atoms with Crippen LogP contribution in [-0.4, -0.2) is 5.71 Å². The first-order valence-corrected chi connectivity index (χ1v) is 3.56. The second kappa shape index (κ2) is 16.7. The molecular weight excluding hydrogens is 360 g/mol. The van der Waals surface area contributed by atoms with Crippen LogP contribution < -0.4 is 0 Å². The predicted molar refractivity (Wildman–Crippen MR) is 48.2 cm³/mol. The van der Waals surface area contributed by atoms with Gasteiger partial charge in [-0.15, -0.1) is 12.1 Å². The fourth-order valence-corrected chi connectivity index (χ4v) is 0.303. The first kappa shape index (κ1) is 17.4. The van der Waals surface area contributed by atoms with Gasteiger partial charge in [0.1, 0.15) is 0 Å². The van der Waals surface area contributed by atoms with E-state index in [2.05, 4.69) is 13.5 Å². The van der Waals surface area contributed by atoms with E-state index in [9.17, 15) is 0 Å². The smallest absolute Gasteiger partial charge is 0.344 e. The van der Waals surface area contributed by atoms with Crippen LogP contribution in [0.25, 0.3) is 0 Å². The van der Waals surface area contributed by atoms with Crippen LogP contribution >= 0.6 is 0 Å². The summed E-state index contributed by atoms with van der Waals surface area (Å²) in [6, 6.07) is 0. The van der Waals surface area contributed by atoms with Crippen LogP contribution in [0.15, 0.2) is 12.7 Å². The van der Waals surface area contributed by atoms with Crippen molar-refractivity contribution in [1.29, 1.82) is 5.41 Å². The summed E-state index contributed by atoms with van der Waals surface area (Å²) in [5, 5.41) is 6.96. The summed E-state index contributed by atoms with van der Waals surface area (Å²) < 4.78 is 0. The standard InChI is InChI=1S/C6H10N.C3H7.U/c1-3-5-6(7)4-2;1-3-2;/h4-5,7H,2-3H2,1H3;1,3H2,2H3;/q2*-1;+2. The zero-order chi connectivity index (χ0) is 8.41. The maximum Gasteiger partial charge on any atom is 2.00 e. The molecule has 1 nitrogen and oxygen atoms in total. The Hall–Kier alpha value is 0.332. The zero-order valence-electron chi connectivity index (χ0n) is 7.48. The van der Waals surface area contributed by atoms with Gasteiger partial charge < -0.3 is 12.3 Å². The molecule has 0 unspecified atom stereocenters. The van der Waals surface area contributed by atoms with Crippen molar-refractivity contribution in [3.05, 3.63) is 26.0 Å².